The van der Waals surface area contributed by atoms with E-state index in [1.165, 1.54) is 41.7 Å². The number of para-hydroxylation sites is 2. The lowest BCUT2D eigenvalue weighted by molar-refractivity contribution is 1.01. The topological polar surface area (TPSA) is 35.6 Å². The molecular formula is C40H24N4S. The van der Waals surface area contributed by atoms with E-state index in [1.807, 2.05) is 17.4 Å². The van der Waals surface area contributed by atoms with Crippen molar-refractivity contribution in [2.75, 3.05) is 0 Å². The molecule has 0 saturated heterocycles. The molecule has 0 saturated carbocycles. The van der Waals surface area contributed by atoms with Gasteiger partial charge in [-0.15, -0.1) is 11.3 Å². The van der Waals surface area contributed by atoms with Gasteiger partial charge in [0.25, 0.3) is 0 Å². The molecule has 4 nitrogen and oxygen atoms in total. The number of aromatic nitrogens is 4. The molecule has 0 spiro atoms. The molecule has 0 atom stereocenters. The number of hydrogen-bond donors (Lipinski definition) is 0. The number of rotatable bonds is 3. The molecule has 5 heteroatoms. The van der Waals surface area contributed by atoms with Gasteiger partial charge in [0.1, 0.15) is 0 Å². The van der Waals surface area contributed by atoms with Crippen molar-refractivity contribution in [2.24, 2.45) is 0 Å². The van der Waals surface area contributed by atoms with Crippen LogP contribution in [0, 0.1) is 0 Å². The van der Waals surface area contributed by atoms with Gasteiger partial charge in [-0.1, -0.05) is 103 Å². The maximum atomic E-state index is 5.47. The van der Waals surface area contributed by atoms with Gasteiger partial charge in [0, 0.05) is 60.0 Å². The number of fused-ring (bicyclic) bond motifs is 9. The van der Waals surface area contributed by atoms with Crippen LogP contribution in [-0.2, 0) is 0 Å². The molecule has 45 heavy (non-hydrogen) atoms. The lowest BCUT2D eigenvalue weighted by Gasteiger charge is -2.11. The molecule has 6 aromatic carbocycles. The van der Waals surface area contributed by atoms with Crippen LogP contribution >= 0.6 is 11.3 Å². The third-order valence-corrected chi connectivity index (χ3v) is 10.2. The van der Waals surface area contributed by atoms with Crippen LogP contribution in [0.15, 0.2) is 146 Å². The summed E-state index contributed by atoms with van der Waals surface area (Å²) in [7, 11) is 0. The molecule has 0 radical (unpaired) electrons. The zero-order valence-corrected chi connectivity index (χ0v) is 24.9. The number of benzene rings is 6. The van der Waals surface area contributed by atoms with Gasteiger partial charge in [0.2, 0.25) is 5.95 Å². The Bertz CT molecular complexity index is 2770. The zero-order chi connectivity index (χ0) is 29.5. The van der Waals surface area contributed by atoms with Crippen molar-refractivity contribution in [2.45, 2.75) is 0 Å². The highest BCUT2D eigenvalue weighted by Gasteiger charge is 2.21. The number of nitrogens with zero attached hydrogens (tertiary/aromatic N) is 4. The van der Waals surface area contributed by atoms with Crippen molar-refractivity contribution in [3.05, 3.63) is 146 Å². The quantitative estimate of drug-likeness (QED) is 0.205. The van der Waals surface area contributed by atoms with Crippen LogP contribution < -0.4 is 0 Å². The second-order valence-electron chi connectivity index (χ2n) is 11.5. The molecule has 0 aliphatic rings. The molecule has 0 fully saturated rings. The van der Waals surface area contributed by atoms with Gasteiger partial charge in [-0.25, -0.2) is 9.97 Å². The first-order valence-electron chi connectivity index (χ1n) is 15.1. The summed E-state index contributed by atoms with van der Waals surface area (Å²) in [6.07, 6.45) is 4.31. The highest BCUT2D eigenvalue weighted by molar-refractivity contribution is 7.26. The summed E-state index contributed by atoms with van der Waals surface area (Å²) in [5, 5.41) is 8.44. The third kappa shape index (κ3) is 3.59. The first-order chi connectivity index (χ1) is 22.3. The molecule has 10 rings (SSSR count). The van der Waals surface area contributed by atoms with Crippen LogP contribution in [0.5, 0.6) is 0 Å². The van der Waals surface area contributed by atoms with Gasteiger partial charge in [-0.2, -0.15) is 0 Å². The van der Waals surface area contributed by atoms with Crippen molar-refractivity contribution in [3.63, 3.8) is 0 Å². The van der Waals surface area contributed by atoms with Gasteiger partial charge >= 0.3 is 0 Å². The normalized spacial score (nSPS) is 12.0. The fraction of sp³-hybridized carbons (Fsp3) is 0. The summed E-state index contributed by atoms with van der Waals surface area (Å²) in [6.45, 7) is 0. The highest BCUT2D eigenvalue weighted by atomic mass is 32.1. The predicted octanol–water partition coefficient (Wildman–Crippen LogP) is 10.7. The van der Waals surface area contributed by atoms with Crippen molar-refractivity contribution < 1.29 is 0 Å². The monoisotopic (exact) mass is 592 g/mol. The minimum absolute atomic E-state index is 0.669. The van der Waals surface area contributed by atoms with E-state index < -0.39 is 0 Å². The van der Waals surface area contributed by atoms with Crippen molar-refractivity contribution in [1.82, 2.24) is 19.1 Å². The summed E-state index contributed by atoms with van der Waals surface area (Å²) in [6, 6.07) is 47.3. The van der Waals surface area contributed by atoms with Crippen molar-refractivity contribution in [1.29, 1.82) is 0 Å². The molecule has 0 amide bonds. The highest BCUT2D eigenvalue weighted by Crippen LogP contribution is 2.42. The Morgan fingerprint density at radius 1 is 0.511 bits per heavy atom. The van der Waals surface area contributed by atoms with Gasteiger partial charge in [-0.05, 0) is 41.1 Å². The van der Waals surface area contributed by atoms with Gasteiger partial charge in [0.05, 0.1) is 22.2 Å². The van der Waals surface area contributed by atoms with Gasteiger partial charge < -0.3 is 4.57 Å². The molecule has 4 heterocycles. The van der Waals surface area contributed by atoms with Crippen molar-refractivity contribution in [3.8, 4) is 22.9 Å². The molecule has 0 N–H and O–H groups in total. The smallest absolute Gasteiger partial charge is 0.235 e. The van der Waals surface area contributed by atoms with Crippen LogP contribution in [-0.4, -0.2) is 19.1 Å². The molecule has 0 bridgehead atoms. The SMILES string of the molecule is c1ccc(-n2cc3nc(-n4c5ccccc5c5c6ccccc6ccc54)nc(-c4cccc5c4sc4ccccc45)c3c2)cc1. The Hall–Kier alpha value is -5.78. The first-order valence-corrected chi connectivity index (χ1v) is 15.9. The Morgan fingerprint density at radius 3 is 2.18 bits per heavy atom. The maximum Gasteiger partial charge on any atom is 0.235 e. The number of hydrogen-bond acceptors (Lipinski definition) is 3. The van der Waals surface area contributed by atoms with Crippen LogP contribution in [0.1, 0.15) is 0 Å². The van der Waals surface area contributed by atoms with E-state index in [1.54, 1.807) is 0 Å². The van der Waals surface area contributed by atoms with Gasteiger partial charge in [-0.3, -0.25) is 4.57 Å². The van der Waals surface area contributed by atoms with E-state index in [9.17, 15) is 0 Å². The average molecular weight is 593 g/mol. The van der Waals surface area contributed by atoms with Crippen LogP contribution in [0.3, 0.4) is 0 Å². The van der Waals surface area contributed by atoms with E-state index in [0.29, 0.717) is 5.95 Å². The Morgan fingerprint density at radius 2 is 1.27 bits per heavy atom. The van der Waals surface area contributed by atoms with E-state index in [2.05, 4.69) is 149 Å². The second-order valence-corrected chi connectivity index (χ2v) is 12.5. The largest absolute Gasteiger partial charge is 0.321 e. The van der Waals surface area contributed by atoms with E-state index >= 15 is 0 Å². The molecule has 0 aliphatic carbocycles. The molecular weight excluding hydrogens is 569 g/mol. The minimum Gasteiger partial charge on any atom is -0.321 e. The van der Waals surface area contributed by atoms with Crippen LogP contribution in [0.25, 0.3) is 86.5 Å². The van der Waals surface area contributed by atoms with Gasteiger partial charge in [0.15, 0.2) is 0 Å². The third-order valence-electron chi connectivity index (χ3n) is 8.97. The van der Waals surface area contributed by atoms with Crippen molar-refractivity contribution >= 4 is 75.0 Å². The first kappa shape index (κ1) is 24.6. The Kier molecular flexibility index (Phi) is 5.12. The number of thiophene rings is 1. The summed E-state index contributed by atoms with van der Waals surface area (Å²) < 4.78 is 6.93. The molecule has 10 aromatic rings. The summed E-state index contributed by atoms with van der Waals surface area (Å²) in [5.41, 5.74) is 6.25. The lowest BCUT2D eigenvalue weighted by atomic mass is 10.0. The molecule has 210 valence electrons. The summed E-state index contributed by atoms with van der Waals surface area (Å²) in [5.74, 6) is 0.669. The minimum atomic E-state index is 0.669. The standard InChI is InChI=1S/C40H24N4S/c1-2-12-26(13-3-1)43-23-32-33(24-43)41-40(42-38(32)31-18-10-17-29-28-15-7-9-20-36(28)45-39(29)31)44-34-19-8-6-16-30(34)37-27-14-5-4-11-25(27)21-22-35(37)44/h1-24H. The molecule has 0 unspecified atom stereocenters. The Labute approximate surface area is 262 Å². The van der Waals surface area contributed by atoms with Crippen LogP contribution in [0.4, 0.5) is 0 Å². The summed E-state index contributed by atoms with van der Waals surface area (Å²) in [4.78, 5) is 10.8. The fourth-order valence-corrected chi connectivity index (χ4v) is 8.17. The molecule has 4 aromatic heterocycles. The predicted molar refractivity (Wildman–Crippen MR) is 189 cm³/mol. The zero-order valence-electron chi connectivity index (χ0n) is 24.1. The van der Waals surface area contributed by atoms with E-state index in [-0.39, 0.29) is 0 Å². The summed E-state index contributed by atoms with van der Waals surface area (Å²) >= 11 is 1.83. The average Bonchev–Trinajstić information content (AvgIpc) is 3.80. The van der Waals surface area contributed by atoms with E-state index in [4.69, 9.17) is 9.97 Å². The fourth-order valence-electron chi connectivity index (χ4n) is 6.95. The second kappa shape index (κ2) is 9.36. The van der Waals surface area contributed by atoms with E-state index in [0.717, 1.165) is 38.9 Å². The maximum absolute atomic E-state index is 5.47. The van der Waals surface area contributed by atoms with Crippen LogP contribution in [0.2, 0.25) is 0 Å². The Balaban J connectivity index is 1.33. The lowest BCUT2D eigenvalue weighted by Crippen LogP contribution is -2.02. The molecule has 0 aliphatic heterocycles.